The summed E-state index contributed by atoms with van der Waals surface area (Å²) in [4.78, 5) is 26.1. The Balaban J connectivity index is 2.09. The first-order valence-electron chi connectivity index (χ1n) is 6.41. The summed E-state index contributed by atoms with van der Waals surface area (Å²) in [5.41, 5.74) is 2.39. The number of rotatable bonds is 0. The molecule has 1 aromatic carbocycles. The normalized spacial score (nSPS) is 22.8. The van der Waals surface area contributed by atoms with Crippen molar-refractivity contribution in [1.82, 2.24) is 10.3 Å². The van der Waals surface area contributed by atoms with E-state index in [1.165, 1.54) is 18.2 Å². The van der Waals surface area contributed by atoms with Crippen molar-refractivity contribution in [3.05, 3.63) is 57.6 Å². The zero-order valence-electron chi connectivity index (χ0n) is 10.5. The summed E-state index contributed by atoms with van der Waals surface area (Å²) in [5, 5.41) is 2.81. The van der Waals surface area contributed by atoms with E-state index >= 15 is 0 Å². The number of carbonyl (C=O) groups excluding carboxylic acids is 1. The minimum atomic E-state index is -0.561. The molecule has 1 aliphatic carbocycles. The molecule has 2 aliphatic rings. The molecule has 2 heterocycles. The largest absolute Gasteiger partial charge is 0.355 e. The van der Waals surface area contributed by atoms with Crippen molar-refractivity contribution < 1.29 is 9.18 Å². The van der Waals surface area contributed by atoms with Gasteiger partial charge in [-0.3, -0.25) is 9.59 Å². The number of benzene rings is 1. The maximum atomic E-state index is 13.6. The number of fused-ring (bicyclic) bond motifs is 5. The van der Waals surface area contributed by atoms with Crippen LogP contribution < -0.4 is 10.9 Å². The van der Waals surface area contributed by atoms with Crippen molar-refractivity contribution in [2.75, 3.05) is 6.54 Å². The van der Waals surface area contributed by atoms with Crippen LogP contribution in [0.1, 0.15) is 17.5 Å². The van der Waals surface area contributed by atoms with Gasteiger partial charge in [0.05, 0.1) is 5.69 Å². The van der Waals surface area contributed by atoms with E-state index < -0.39 is 5.41 Å². The first-order chi connectivity index (χ1) is 9.60. The molecule has 1 fully saturated rings. The SMILES string of the molecule is O=C1CC2(CN1)c1cc(F)ccc1-c1[nH]c(=O)ccc12. The van der Waals surface area contributed by atoms with Gasteiger partial charge in [0.25, 0.3) is 0 Å². The van der Waals surface area contributed by atoms with Gasteiger partial charge in [-0.15, -0.1) is 0 Å². The summed E-state index contributed by atoms with van der Waals surface area (Å²) in [6.07, 6.45) is 0.280. The lowest BCUT2D eigenvalue weighted by molar-refractivity contribution is -0.119. The first kappa shape index (κ1) is 11.4. The summed E-state index contributed by atoms with van der Waals surface area (Å²) >= 11 is 0. The Kier molecular flexibility index (Phi) is 2.03. The van der Waals surface area contributed by atoms with E-state index in [2.05, 4.69) is 10.3 Å². The van der Waals surface area contributed by atoms with Crippen LogP contribution in [-0.2, 0) is 10.2 Å². The van der Waals surface area contributed by atoms with Gasteiger partial charge >= 0.3 is 0 Å². The number of hydrogen-bond acceptors (Lipinski definition) is 2. The number of carbonyl (C=O) groups is 1. The van der Waals surface area contributed by atoms with Crippen molar-refractivity contribution in [1.29, 1.82) is 0 Å². The van der Waals surface area contributed by atoms with Crippen LogP contribution in [0, 0.1) is 5.82 Å². The predicted molar refractivity (Wildman–Crippen MR) is 70.9 cm³/mol. The number of H-pyrrole nitrogens is 1. The van der Waals surface area contributed by atoms with Crippen molar-refractivity contribution in [2.24, 2.45) is 0 Å². The van der Waals surface area contributed by atoms with E-state index in [4.69, 9.17) is 0 Å². The van der Waals surface area contributed by atoms with Crippen LogP contribution in [0.25, 0.3) is 11.3 Å². The van der Waals surface area contributed by atoms with E-state index in [0.29, 0.717) is 12.2 Å². The van der Waals surface area contributed by atoms with Gasteiger partial charge < -0.3 is 10.3 Å². The molecule has 20 heavy (non-hydrogen) atoms. The number of hydrogen-bond donors (Lipinski definition) is 2. The number of halogens is 1. The number of amides is 1. The summed E-state index contributed by atoms with van der Waals surface area (Å²) in [6.45, 7) is 0.432. The highest BCUT2D eigenvalue weighted by molar-refractivity contribution is 5.88. The summed E-state index contributed by atoms with van der Waals surface area (Å²) < 4.78 is 13.6. The van der Waals surface area contributed by atoms with Gasteiger partial charge in [0.15, 0.2) is 0 Å². The topological polar surface area (TPSA) is 62.0 Å². The van der Waals surface area contributed by atoms with Gasteiger partial charge in [-0.25, -0.2) is 4.39 Å². The maximum Gasteiger partial charge on any atom is 0.248 e. The molecule has 5 heteroatoms. The minimum absolute atomic E-state index is 0.0562. The fraction of sp³-hybridized carbons (Fsp3) is 0.200. The molecule has 1 aliphatic heterocycles. The van der Waals surface area contributed by atoms with E-state index in [9.17, 15) is 14.0 Å². The fourth-order valence-electron chi connectivity index (χ4n) is 3.39. The molecule has 0 saturated carbocycles. The van der Waals surface area contributed by atoms with Crippen LogP contribution in [0.2, 0.25) is 0 Å². The molecule has 100 valence electrons. The van der Waals surface area contributed by atoms with Crippen LogP contribution in [-0.4, -0.2) is 17.4 Å². The van der Waals surface area contributed by atoms with Gasteiger partial charge in [-0.05, 0) is 29.3 Å². The van der Waals surface area contributed by atoms with Gasteiger partial charge in [0.2, 0.25) is 11.5 Å². The average molecular weight is 270 g/mol. The van der Waals surface area contributed by atoms with Crippen molar-refractivity contribution in [2.45, 2.75) is 11.8 Å². The molecule has 1 unspecified atom stereocenters. The lowest BCUT2D eigenvalue weighted by Crippen LogP contribution is -2.28. The lowest BCUT2D eigenvalue weighted by atomic mass is 9.78. The fourth-order valence-corrected chi connectivity index (χ4v) is 3.39. The van der Waals surface area contributed by atoms with E-state index in [-0.39, 0.29) is 23.7 Å². The third kappa shape index (κ3) is 1.29. The summed E-state index contributed by atoms with van der Waals surface area (Å²) in [7, 11) is 0. The highest BCUT2D eigenvalue weighted by atomic mass is 19.1. The van der Waals surface area contributed by atoms with Crippen LogP contribution >= 0.6 is 0 Å². The molecule has 1 saturated heterocycles. The number of pyridine rings is 1. The molecule has 1 spiro atoms. The lowest BCUT2D eigenvalue weighted by Gasteiger charge is -2.23. The zero-order chi connectivity index (χ0) is 13.9. The smallest absolute Gasteiger partial charge is 0.248 e. The second-order valence-corrected chi connectivity index (χ2v) is 5.34. The summed E-state index contributed by atoms with van der Waals surface area (Å²) in [5.74, 6) is -0.392. The van der Waals surface area contributed by atoms with E-state index in [1.807, 2.05) is 0 Å². The van der Waals surface area contributed by atoms with Crippen molar-refractivity contribution in [3.63, 3.8) is 0 Å². The van der Waals surface area contributed by atoms with Gasteiger partial charge in [0.1, 0.15) is 5.82 Å². The number of aromatic amines is 1. The van der Waals surface area contributed by atoms with Crippen LogP contribution in [0.4, 0.5) is 4.39 Å². The third-order valence-corrected chi connectivity index (χ3v) is 4.25. The van der Waals surface area contributed by atoms with Crippen molar-refractivity contribution in [3.8, 4) is 11.3 Å². The summed E-state index contributed by atoms with van der Waals surface area (Å²) in [6, 6.07) is 7.69. The second-order valence-electron chi connectivity index (χ2n) is 5.34. The van der Waals surface area contributed by atoms with Crippen LogP contribution in [0.3, 0.4) is 0 Å². The first-order valence-corrected chi connectivity index (χ1v) is 6.41. The predicted octanol–water partition coefficient (Wildman–Crippen LogP) is 1.30. The maximum absolute atomic E-state index is 13.6. The molecule has 2 N–H and O–H groups in total. The Morgan fingerprint density at radius 3 is 2.70 bits per heavy atom. The number of nitrogens with one attached hydrogen (secondary N) is 2. The Labute approximate surface area is 113 Å². The molecule has 0 bridgehead atoms. The third-order valence-electron chi connectivity index (χ3n) is 4.25. The van der Waals surface area contributed by atoms with Crippen molar-refractivity contribution >= 4 is 5.91 Å². The molecule has 4 rings (SSSR count). The van der Waals surface area contributed by atoms with Gasteiger partial charge in [0, 0.05) is 30.0 Å². The van der Waals surface area contributed by atoms with Gasteiger partial charge in [-0.2, -0.15) is 0 Å². The molecule has 1 amide bonds. The molecule has 0 radical (unpaired) electrons. The number of aromatic nitrogens is 1. The Bertz CT molecular complexity index is 812. The minimum Gasteiger partial charge on any atom is -0.355 e. The zero-order valence-corrected chi connectivity index (χ0v) is 10.5. The van der Waals surface area contributed by atoms with Gasteiger partial charge in [-0.1, -0.05) is 6.07 Å². The second kappa shape index (κ2) is 3.56. The van der Waals surface area contributed by atoms with E-state index in [0.717, 1.165) is 16.7 Å². The Morgan fingerprint density at radius 2 is 1.95 bits per heavy atom. The molecule has 1 aromatic heterocycles. The Morgan fingerprint density at radius 1 is 1.10 bits per heavy atom. The Hall–Kier alpha value is -2.43. The molecule has 1 atom stereocenters. The monoisotopic (exact) mass is 270 g/mol. The highest BCUT2D eigenvalue weighted by Gasteiger charge is 2.48. The molecular formula is C15H11FN2O2. The quantitative estimate of drug-likeness (QED) is 0.758. The molecule has 4 nitrogen and oxygen atoms in total. The van der Waals surface area contributed by atoms with Crippen LogP contribution in [0.15, 0.2) is 35.1 Å². The molecular weight excluding hydrogens is 259 g/mol. The highest BCUT2D eigenvalue weighted by Crippen LogP contribution is 2.50. The average Bonchev–Trinajstić information content (AvgIpc) is 2.91. The standard InChI is InChI=1S/C15H11FN2O2/c16-8-1-2-9-11(5-8)15(6-13(20)17-7-15)10-3-4-12(19)18-14(9)10/h1-5H,6-7H2,(H,17,20)(H,18,19). The van der Waals surface area contributed by atoms with Crippen LogP contribution in [0.5, 0.6) is 0 Å². The molecule has 2 aromatic rings. The van der Waals surface area contributed by atoms with E-state index in [1.54, 1.807) is 12.1 Å².